The third-order valence-corrected chi connectivity index (χ3v) is 11.8. The summed E-state index contributed by atoms with van der Waals surface area (Å²) in [5, 5.41) is 81.7. The van der Waals surface area contributed by atoms with Gasteiger partial charge >= 0.3 is 5.97 Å². The molecule has 0 amide bonds. The van der Waals surface area contributed by atoms with Crippen LogP contribution < -0.4 is 0 Å². The Hall–Kier alpha value is -2.11. The van der Waals surface area contributed by atoms with Crippen molar-refractivity contribution in [3.63, 3.8) is 0 Å². The minimum Gasteiger partial charge on any atom is -0.456 e. The van der Waals surface area contributed by atoms with Gasteiger partial charge < -0.3 is 40.5 Å². The van der Waals surface area contributed by atoms with Crippen molar-refractivity contribution in [1.82, 2.24) is 0 Å². The van der Waals surface area contributed by atoms with E-state index in [2.05, 4.69) is 0 Å². The largest absolute Gasteiger partial charge is 0.456 e. The van der Waals surface area contributed by atoms with Crippen molar-refractivity contribution < 1.29 is 45.3 Å². The molecule has 0 aliphatic heterocycles. The molecule has 1 aromatic carbocycles. The molecule has 0 heterocycles. The maximum absolute atomic E-state index is 12.7. The van der Waals surface area contributed by atoms with Crippen molar-refractivity contribution in [2.24, 2.45) is 16.7 Å². The Labute approximate surface area is 240 Å². The van der Waals surface area contributed by atoms with Crippen molar-refractivity contribution in [2.75, 3.05) is 0 Å². The molecule has 0 aromatic heterocycles. The average Bonchev–Trinajstić information content (AvgIpc) is 3.15. The molecule has 0 radical (unpaired) electrons. The van der Waals surface area contributed by atoms with Crippen molar-refractivity contribution >= 4 is 12.0 Å². The number of benzene rings is 1. The van der Waals surface area contributed by atoms with Gasteiger partial charge in [-0.15, -0.1) is 0 Å². The van der Waals surface area contributed by atoms with E-state index in [-0.39, 0.29) is 32.1 Å². The van der Waals surface area contributed by atoms with Crippen LogP contribution in [0.5, 0.6) is 0 Å². The summed E-state index contributed by atoms with van der Waals surface area (Å²) in [6.07, 6.45) is 1.38. The van der Waals surface area contributed by atoms with Crippen LogP contribution in [0.25, 0.3) is 6.08 Å². The molecule has 9 nitrogen and oxygen atoms in total. The molecule has 4 aliphatic rings. The lowest BCUT2D eigenvalue weighted by molar-refractivity contribution is -0.372. The van der Waals surface area contributed by atoms with Crippen LogP contribution in [0.2, 0.25) is 0 Å². The Morgan fingerprint density at radius 2 is 1.61 bits per heavy atom. The fraction of sp³-hybridized carbons (Fsp3) is 0.656. The molecule has 0 unspecified atom stereocenters. The first-order chi connectivity index (χ1) is 19.1. The molecule has 226 valence electrons. The predicted molar refractivity (Wildman–Crippen MR) is 150 cm³/mol. The topological polar surface area (TPSA) is 168 Å². The second-order valence-corrected chi connectivity index (χ2v) is 13.4. The Kier molecular flexibility index (Phi) is 7.39. The van der Waals surface area contributed by atoms with Gasteiger partial charge in [-0.1, -0.05) is 62.4 Å². The van der Waals surface area contributed by atoms with E-state index in [1.165, 1.54) is 26.0 Å². The number of carbonyl (C=O) groups excluding carboxylic acids is 1. The monoisotopic (exact) mass is 572 g/mol. The van der Waals surface area contributed by atoms with Gasteiger partial charge in [0.15, 0.2) is 0 Å². The summed E-state index contributed by atoms with van der Waals surface area (Å²) in [4.78, 5) is 12.7. The van der Waals surface area contributed by atoms with Gasteiger partial charge in [0, 0.05) is 30.3 Å². The number of rotatable bonds is 5. The van der Waals surface area contributed by atoms with E-state index in [4.69, 9.17) is 4.74 Å². The van der Waals surface area contributed by atoms with Crippen LogP contribution in [-0.2, 0) is 9.53 Å². The fourth-order valence-electron chi connectivity index (χ4n) is 9.15. The predicted octanol–water partition coefficient (Wildman–Crippen LogP) is 1.61. The summed E-state index contributed by atoms with van der Waals surface area (Å²) in [5.41, 5.74) is -9.57. The quantitative estimate of drug-likeness (QED) is 0.158. The summed E-state index contributed by atoms with van der Waals surface area (Å²) in [7, 11) is 0. The zero-order valence-corrected chi connectivity index (χ0v) is 24.0. The lowest BCUT2D eigenvalue weighted by Gasteiger charge is -2.71. The third kappa shape index (κ3) is 4.04. The number of ether oxygens (including phenoxy) is 1. The first kappa shape index (κ1) is 30.4. The SMILES string of the molecule is C[C@H](OC(=O)/C=C/C=C/c1ccccc1)[C@]1(O)CC[C@@]2(O)[C@]1(C)[C@H](O)C[C@@H]1[C@@]3(C)CC[C@H](O)C[C@]3(O)[C@H](O)C[C@]12O. The van der Waals surface area contributed by atoms with Gasteiger partial charge in [-0.05, 0) is 44.6 Å². The Morgan fingerprint density at radius 3 is 2.29 bits per heavy atom. The highest BCUT2D eigenvalue weighted by Gasteiger charge is 2.83. The van der Waals surface area contributed by atoms with E-state index < -0.39 is 76.0 Å². The Balaban J connectivity index is 1.41. The molecule has 11 atom stereocenters. The zero-order chi connectivity index (χ0) is 30.1. The minimum absolute atomic E-state index is 0.0654. The van der Waals surface area contributed by atoms with Crippen LogP contribution in [-0.4, -0.2) is 88.5 Å². The number of hydrogen-bond acceptors (Lipinski definition) is 9. The van der Waals surface area contributed by atoms with Gasteiger partial charge in [-0.2, -0.15) is 0 Å². The molecule has 4 fully saturated rings. The normalized spacial score (nSPS) is 48.4. The summed E-state index contributed by atoms with van der Waals surface area (Å²) < 4.78 is 5.59. The van der Waals surface area contributed by atoms with Gasteiger partial charge in [0.25, 0.3) is 0 Å². The molecule has 0 spiro atoms. The van der Waals surface area contributed by atoms with Gasteiger partial charge in [0.2, 0.25) is 0 Å². The molecule has 5 rings (SSSR count). The average molecular weight is 573 g/mol. The number of aliphatic hydroxyl groups excluding tert-OH is 3. The van der Waals surface area contributed by atoms with Crippen LogP contribution in [0.3, 0.4) is 0 Å². The number of hydrogen-bond donors (Lipinski definition) is 7. The number of fused-ring (bicyclic) bond motifs is 5. The van der Waals surface area contributed by atoms with E-state index in [0.717, 1.165) is 5.56 Å². The third-order valence-electron chi connectivity index (χ3n) is 11.8. The number of allylic oxidation sites excluding steroid dienone is 2. The number of carbonyl (C=O) groups is 1. The molecule has 41 heavy (non-hydrogen) atoms. The summed E-state index contributed by atoms with van der Waals surface area (Å²) >= 11 is 0. The second kappa shape index (κ2) is 9.98. The van der Waals surface area contributed by atoms with Crippen molar-refractivity contribution in [2.45, 2.75) is 113 Å². The maximum atomic E-state index is 12.7. The van der Waals surface area contributed by atoms with Gasteiger partial charge in [-0.3, -0.25) is 0 Å². The Bertz CT molecular complexity index is 1220. The summed E-state index contributed by atoms with van der Waals surface area (Å²) in [6, 6.07) is 9.53. The smallest absolute Gasteiger partial charge is 0.331 e. The summed E-state index contributed by atoms with van der Waals surface area (Å²) in [5.74, 6) is -1.54. The molecular weight excluding hydrogens is 528 g/mol. The molecular formula is C32H44O9. The van der Waals surface area contributed by atoms with Crippen LogP contribution >= 0.6 is 0 Å². The summed E-state index contributed by atoms with van der Waals surface area (Å²) in [6.45, 7) is 4.74. The highest BCUT2D eigenvalue weighted by molar-refractivity contribution is 5.82. The second-order valence-electron chi connectivity index (χ2n) is 13.4. The molecule has 9 heteroatoms. The van der Waals surface area contributed by atoms with E-state index in [1.54, 1.807) is 13.0 Å². The molecule has 4 saturated carbocycles. The van der Waals surface area contributed by atoms with E-state index in [1.807, 2.05) is 36.4 Å². The number of aliphatic hydroxyl groups is 7. The van der Waals surface area contributed by atoms with E-state index in [9.17, 15) is 40.5 Å². The Morgan fingerprint density at radius 1 is 0.927 bits per heavy atom. The maximum Gasteiger partial charge on any atom is 0.331 e. The van der Waals surface area contributed by atoms with Crippen molar-refractivity contribution in [3.8, 4) is 0 Å². The lowest BCUT2D eigenvalue weighted by Crippen LogP contribution is -2.83. The van der Waals surface area contributed by atoms with Crippen LogP contribution in [0, 0.1) is 16.7 Å². The van der Waals surface area contributed by atoms with Gasteiger partial charge in [-0.25, -0.2) is 4.79 Å². The standard InChI is InChI=1S/C32H44O9/c1-20(41-26(36)12-8-7-11-21-9-5-4-6-10-21)29(37)15-16-32(40)28(29,3)24(34)17-23-27(2)14-13-22(33)18-31(27,39)25(35)19-30(23,32)38/h4-12,20,22-25,33-35,37-40H,13-19H2,1-3H3/b11-7+,12-8+/t20-,22-,23+,24+,25+,27+,28+,29+,30-,31-,32+/m0/s1. The zero-order valence-electron chi connectivity index (χ0n) is 24.0. The van der Waals surface area contributed by atoms with E-state index >= 15 is 0 Å². The fourth-order valence-corrected chi connectivity index (χ4v) is 9.15. The molecule has 7 N–H and O–H groups in total. The number of esters is 1. The molecule has 0 saturated heterocycles. The molecule has 1 aromatic rings. The van der Waals surface area contributed by atoms with Gasteiger partial charge in [0.1, 0.15) is 22.9 Å². The first-order valence-electron chi connectivity index (χ1n) is 14.6. The minimum atomic E-state index is -2.08. The first-order valence-corrected chi connectivity index (χ1v) is 14.6. The van der Waals surface area contributed by atoms with Crippen molar-refractivity contribution in [3.05, 3.63) is 54.1 Å². The van der Waals surface area contributed by atoms with E-state index in [0.29, 0.717) is 6.42 Å². The highest BCUT2D eigenvalue weighted by atomic mass is 16.6. The van der Waals surface area contributed by atoms with Crippen LogP contribution in [0.1, 0.15) is 71.3 Å². The molecule has 0 bridgehead atoms. The molecule has 4 aliphatic carbocycles. The lowest BCUT2D eigenvalue weighted by atomic mass is 9.38. The van der Waals surface area contributed by atoms with Crippen LogP contribution in [0.4, 0.5) is 0 Å². The van der Waals surface area contributed by atoms with Crippen LogP contribution in [0.15, 0.2) is 48.6 Å². The van der Waals surface area contributed by atoms with Crippen molar-refractivity contribution in [1.29, 1.82) is 0 Å². The highest BCUT2D eigenvalue weighted by Crippen LogP contribution is 2.72. The van der Waals surface area contributed by atoms with Gasteiger partial charge in [0.05, 0.1) is 29.3 Å².